The first kappa shape index (κ1) is 19.5. The lowest BCUT2D eigenvalue weighted by Gasteiger charge is -2.29. The molecule has 0 aliphatic heterocycles. The number of carbonyl (C=O) groups excluding carboxylic acids is 1. The van der Waals surface area contributed by atoms with E-state index in [4.69, 9.17) is 0 Å². The van der Waals surface area contributed by atoms with Crippen LogP contribution in [-0.4, -0.2) is 34.0 Å². The summed E-state index contributed by atoms with van der Waals surface area (Å²) in [6.45, 7) is 1.81. The highest BCUT2D eigenvalue weighted by atomic mass is 32.1. The molecule has 0 spiro atoms. The number of ketones is 1. The molecule has 4 nitrogen and oxygen atoms in total. The van der Waals surface area contributed by atoms with Gasteiger partial charge in [-0.1, -0.05) is 6.07 Å². The predicted octanol–water partition coefficient (Wildman–Crippen LogP) is 4.43. The van der Waals surface area contributed by atoms with E-state index >= 15 is 0 Å². The van der Waals surface area contributed by atoms with Gasteiger partial charge in [0.1, 0.15) is 15.8 Å². The van der Waals surface area contributed by atoms with Gasteiger partial charge in [0.05, 0.1) is 12.0 Å². The molecule has 1 aromatic heterocycles. The van der Waals surface area contributed by atoms with Gasteiger partial charge in [0.15, 0.2) is 5.78 Å². The summed E-state index contributed by atoms with van der Waals surface area (Å²) in [5.41, 5.74) is 0.991. The van der Waals surface area contributed by atoms with Crippen LogP contribution in [0.15, 0.2) is 18.2 Å². The number of nitrogens with one attached hydrogen (secondary N) is 1. The first-order valence-corrected chi connectivity index (χ1v) is 10.4. The second-order valence-corrected chi connectivity index (χ2v) is 9.07. The summed E-state index contributed by atoms with van der Waals surface area (Å²) in [5.74, 6) is -3.18. The molecular weight excluding hydrogens is 387 g/mol. The van der Waals surface area contributed by atoms with Crippen LogP contribution in [0.4, 0.5) is 13.2 Å². The number of halogens is 3. The van der Waals surface area contributed by atoms with Gasteiger partial charge in [-0.3, -0.25) is 4.79 Å². The fourth-order valence-corrected chi connectivity index (χ4v) is 4.59. The number of nitrogens with zero attached hydrogens (tertiary/aromatic N) is 2. The van der Waals surface area contributed by atoms with Gasteiger partial charge in [0.25, 0.3) is 0 Å². The molecular formula is C20H22F3N3OS. The first-order chi connectivity index (χ1) is 13.3. The van der Waals surface area contributed by atoms with Crippen molar-refractivity contribution in [2.45, 2.75) is 69.4 Å². The fourth-order valence-electron chi connectivity index (χ4n) is 3.89. The van der Waals surface area contributed by atoms with E-state index in [9.17, 15) is 18.0 Å². The zero-order valence-electron chi connectivity index (χ0n) is 15.6. The lowest BCUT2D eigenvalue weighted by atomic mass is 9.92. The molecule has 0 radical (unpaired) electrons. The number of Topliss-reactive ketones (excluding diaryl/α,β-unsaturated/α-hetero) is 1. The number of carbonyl (C=O) groups is 1. The Kier molecular flexibility index (Phi) is 5.26. The van der Waals surface area contributed by atoms with Crippen molar-refractivity contribution < 1.29 is 18.0 Å². The van der Waals surface area contributed by atoms with Gasteiger partial charge in [-0.05, 0) is 43.9 Å². The Balaban J connectivity index is 1.38. The van der Waals surface area contributed by atoms with Crippen molar-refractivity contribution >= 4 is 17.1 Å². The van der Waals surface area contributed by atoms with Crippen LogP contribution in [0.1, 0.15) is 64.0 Å². The highest BCUT2D eigenvalue weighted by molar-refractivity contribution is 7.11. The minimum absolute atomic E-state index is 0.0362. The van der Waals surface area contributed by atoms with Gasteiger partial charge in [0, 0.05) is 30.8 Å². The third-order valence-corrected chi connectivity index (χ3v) is 6.39. The summed E-state index contributed by atoms with van der Waals surface area (Å²) < 4.78 is 40.8. The van der Waals surface area contributed by atoms with Crippen LogP contribution in [0.5, 0.6) is 0 Å². The molecule has 4 rings (SSSR count). The smallest absolute Gasteiger partial charge is 0.248 e. The molecule has 0 bridgehead atoms. The number of alkyl halides is 2. The molecule has 2 unspecified atom stereocenters. The Morgan fingerprint density at radius 3 is 2.71 bits per heavy atom. The fraction of sp³-hybridized carbons (Fsp3) is 0.550. The average Bonchev–Trinajstić information content (AvgIpc) is 3.29. The normalized spacial score (nSPS) is 24.3. The number of hydrogen-bond donors (Lipinski definition) is 1. The van der Waals surface area contributed by atoms with Gasteiger partial charge in [-0.15, -0.1) is 21.5 Å². The number of aromatic nitrogens is 2. The van der Waals surface area contributed by atoms with E-state index in [1.54, 1.807) is 19.1 Å². The Hall–Kier alpha value is -1.80. The Labute approximate surface area is 165 Å². The van der Waals surface area contributed by atoms with Crippen molar-refractivity contribution in [3.05, 3.63) is 45.2 Å². The number of benzene rings is 1. The SMILES string of the molecule is Cc1nnc(CC(=O)c2cc(C3CC3NC3CCC(F)(F)CC3)ccc2F)s1. The van der Waals surface area contributed by atoms with Crippen LogP contribution in [0.3, 0.4) is 0 Å². The maximum Gasteiger partial charge on any atom is 0.248 e. The molecule has 0 amide bonds. The van der Waals surface area contributed by atoms with Gasteiger partial charge in [-0.2, -0.15) is 0 Å². The molecule has 150 valence electrons. The molecule has 2 aromatic rings. The summed E-state index contributed by atoms with van der Waals surface area (Å²) in [4.78, 5) is 12.5. The Morgan fingerprint density at radius 1 is 1.29 bits per heavy atom. The largest absolute Gasteiger partial charge is 0.311 e. The summed E-state index contributed by atoms with van der Waals surface area (Å²) in [7, 11) is 0. The zero-order valence-corrected chi connectivity index (χ0v) is 16.4. The van der Waals surface area contributed by atoms with Crippen LogP contribution in [0.2, 0.25) is 0 Å². The van der Waals surface area contributed by atoms with E-state index < -0.39 is 11.7 Å². The molecule has 2 atom stereocenters. The van der Waals surface area contributed by atoms with Crippen LogP contribution in [-0.2, 0) is 6.42 Å². The minimum Gasteiger partial charge on any atom is -0.311 e. The molecule has 8 heteroatoms. The maximum atomic E-state index is 14.2. The minimum atomic E-state index is -2.53. The monoisotopic (exact) mass is 409 g/mol. The second-order valence-electron chi connectivity index (χ2n) is 7.80. The van der Waals surface area contributed by atoms with Crippen molar-refractivity contribution in [2.24, 2.45) is 0 Å². The molecule has 0 saturated heterocycles. The summed E-state index contributed by atoms with van der Waals surface area (Å²) in [6.07, 6.45) is 1.73. The van der Waals surface area contributed by atoms with E-state index in [2.05, 4.69) is 15.5 Å². The topological polar surface area (TPSA) is 54.9 Å². The molecule has 1 N–H and O–H groups in total. The number of rotatable bonds is 6. The molecule has 1 heterocycles. The molecule has 28 heavy (non-hydrogen) atoms. The van der Waals surface area contributed by atoms with Crippen molar-refractivity contribution in [2.75, 3.05) is 0 Å². The van der Waals surface area contributed by atoms with Crippen molar-refractivity contribution in [1.82, 2.24) is 15.5 Å². The average molecular weight is 409 g/mol. The second kappa shape index (κ2) is 7.55. The van der Waals surface area contributed by atoms with Crippen LogP contribution >= 0.6 is 11.3 Å². The van der Waals surface area contributed by atoms with Gasteiger partial charge in [-0.25, -0.2) is 13.2 Å². The molecule has 2 saturated carbocycles. The Bertz CT molecular complexity index is 875. The molecule has 2 fully saturated rings. The lowest BCUT2D eigenvalue weighted by Crippen LogP contribution is -2.38. The van der Waals surface area contributed by atoms with Gasteiger partial charge in [0.2, 0.25) is 5.92 Å². The maximum absolute atomic E-state index is 14.2. The molecule has 2 aliphatic carbocycles. The van der Waals surface area contributed by atoms with E-state index in [1.807, 2.05) is 0 Å². The van der Waals surface area contributed by atoms with E-state index in [1.165, 1.54) is 17.4 Å². The summed E-state index contributed by atoms with van der Waals surface area (Å²) >= 11 is 1.33. The third-order valence-electron chi connectivity index (χ3n) is 5.56. The number of hydrogen-bond acceptors (Lipinski definition) is 5. The number of aryl methyl sites for hydroxylation is 1. The van der Waals surface area contributed by atoms with E-state index in [0.29, 0.717) is 17.8 Å². The van der Waals surface area contributed by atoms with Crippen molar-refractivity contribution in [3.63, 3.8) is 0 Å². The predicted molar refractivity (Wildman–Crippen MR) is 101 cm³/mol. The first-order valence-electron chi connectivity index (χ1n) is 9.56. The Morgan fingerprint density at radius 2 is 2.04 bits per heavy atom. The van der Waals surface area contributed by atoms with E-state index in [0.717, 1.165) is 17.0 Å². The van der Waals surface area contributed by atoms with Crippen molar-refractivity contribution in [1.29, 1.82) is 0 Å². The quantitative estimate of drug-likeness (QED) is 0.717. The molecule has 1 aromatic carbocycles. The summed E-state index contributed by atoms with van der Waals surface area (Å²) in [5, 5.41) is 12.6. The summed E-state index contributed by atoms with van der Waals surface area (Å²) in [6, 6.07) is 4.99. The van der Waals surface area contributed by atoms with E-state index in [-0.39, 0.29) is 48.6 Å². The van der Waals surface area contributed by atoms with Crippen LogP contribution < -0.4 is 5.32 Å². The van der Waals surface area contributed by atoms with Crippen LogP contribution in [0, 0.1) is 12.7 Å². The standard InChI is InChI=1S/C20H22F3N3OS/c1-11-25-26-19(28-11)10-18(27)15-8-12(2-3-16(15)21)14-9-17(14)24-13-4-6-20(22,23)7-5-13/h2-3,8,13-14,17,24H,4-7,9-10H2,1H3. The third kappa shape index (κ3) is 4.43. The highest BCUT2D eigenvalue weighted by Crippen LogP contribution is 2.43. The highest BCUT2D eigenvalue weighted by Gasteiger charge is 2.42. The van der Waals surface area contributed by atoms with Gasteiger partial charge >= 0.3 is 0 Å². The van der Waals surface area contributed by atoms with Gasteiger partial charge < -0.3 is 5.32 Å². The zero-order chi connectivity index (χ0) is 19.9. The molecule has 2 aliphatic rings. The van der Waals surface area contributed by atoms with Crippen LogP contribution in [0.25, 0.3) is 0 Å². The lowest BCUT2D eigenvalue weighted by molar-refractivity contribution is -0.0405. The van der Waals surface area contributed by atoms with Crippen molar-refractivity contribution in [3.8, 4) is 0 Å².